The van der Waals surface area contributed by atoms with Crippen LogP contribution in [0.5, 0.6) is 0 Å². The Labute approximate surface area is 141 Å². The van der Waals surface area contributed by atoms with Gasteiger partial charge in [-0.05, 0) is 25.1 Å². The molecule has 0 unspecified atom stereocenters. The first-order valence-corrected chi connectivity index (χ1v) is 7.91. The predicted molar refractivity (Wildman–Crippen MR) is 93.2 cm³/mol. The Hall–Kier alpha value is -2.83. The highest BCUT2D eigenvalue weighted by atomic mass is 16.2. The molecule has 1 aromatic carbocycles. The lowest BCUT2D eigenvalue weighted by Crippen LogP contribution is -2.38. The number of hydrogen-bond donors (Lipinski definition) is 3. The summed E-state index contributed by atoms with van der Waals surface area (Å²) in [5, 5.41) is 12.6. The number of para-hydroxylation sites is 2. The van der Waals surface area contributed by atoms with E-state index in [-0.39, 0.29) is 17.9 Å². The molecule has 0 aliphatic rings. The molecule has 7 heteroatoms. The standard InChI is InChI=1S/C17H23N5O2/c1-12(2)16(23)18-9-10-19-17(24)20-14-6-4-5-7-15(14)22-11-8-13(3)21-22/h4-8,11-12H,9-10H2,1-3H3,(H,18,23)(H2,19,20,24). The molecule has 0 atom stereocenters. The van der Waals surface area contributed by atoms with Gasteiger partial charge in [-0.2, -0.15) is 5.10 Å². The van der Waals surface area contributed by atoms with E-state index >= 15 is 0 Å². The Bertz CT molecular complexity index is 709. The van der Waals surface area contributed by atoms with Crippen molar-refractivity contribution in [2.24, 2.45) is 5.92 Å². The number of aromatic nitrogens is 2. The Morgan fingerprint density at radius 2 is 1.83 bits per heavy atom. The third-order valence-electron chi connectivity index (χ3n) is 3.36. The van der Waals surface area contributed by atoms with Gasteiger partial charge in [0.1, 0.15) is 0 Å². The largest absolute Gasteiger partial charge is 0.354 e. The van der Waals surface area contributed by atoms with Crippen LogP contribution in [0.15, 0.2) is 36.5 Å². The van der Waals surface area contributed by atoms with Gasteiger partial charge in [0.05, 0.1) is 17.1 Å². The minimum atomic E-state index is -0.329. The van der Waals surface area contributed by atoms with E-state index in [1.807, 2.05) is 57.3 Å². The van der Waals surface area contributed by atoms with Gasteiger partial charge in [-0.15, -0.1) is 0 Å². The van der Waals surface area contributed by atoms with Gasteiger partial charge in [-0.3, -0.25) is 4.79 Å². The van der Waals surface area contributed by atoms with Gasteiger partial charge in [0.25, 0.3) is 0 Å². The Morgan fingerprint density at radius 1 is 1.12 bits per heavy atom. The molecule has 0 saturated carbocycles. The van der Waals surface area contributed by atoms with E-state index in [1.165, 1.54) is 0 Å². The number of urea groups is 1. The number of aryl methyl sites for hydroxylation is 1. The first-order valence-electron chi connectivity index (χ1n) is 7.91. The third kappa shape index (κ3) is 4.84. The lowest BCUT2D eigenvalue weighted by molar-refractivity contribution is -0.123. The first-order chi connectivity index (χ1) is 11.5. The molecule has 2 rings (SSSR count). The minimum Gasteiger partial charge on any atom is -0.354 e. The Morgan fingerprint density at radius 3 is 2.50 bits per heavy atom. The number of amides is 3. The van der Waals surface area contributed by atoms with E-state index in [9.17, 15) is 9.59 Å². The van der Waals surface area contributed by atoms with E-state index in [4.69, 9.17) is 0 Å². The maximum atomic E-state index is 12.0. The molecular formula is C17H23N5O2. The van der Waals surface area contributed by atoms with Crippen molar-refractivity contribution in [3.8, 4) is 5.69 Å². The molecule has 0 spiro atoms. The van der Waals surface area contributed by atoms with Crippen molar-refractivity contribution in [1.29, 1.82) is 0 Å². The SMILES string of the molecule is Cc1ccn(-c2ccccc2NC(=O)NCCNC(=O)C(C)C)n1. The second-order valence-corrected chi connectivity index (χ2v) is 5.75. The molecule has 0 radical (unpaired) electrons. The highest BCUT2D eigenvalue weighted by Gasteiger charge is 2.09. The minimum absolute atomic E-state index is 0.0309. The Kier molecular flexibility index (Phi) is 5.95. The average molecular weight is 329 g/mol. The number of carbonyl (C=O) groups excluding carboxylic acids is 2. The van der Waals surface area contributed by atoms with Crippen LogP contribution in [0.3, 0.4) is 0 Å². The third-order valence-corrected chi connectivity index (χ3v) is 3.36. The van der Waals surface area contributed by atoms with Crippen molar-refractivity contribution in [3.63, 3.8) is 0 Å². The number of anilines is 1. The number of carbonyl (C=O) groups is 2. The van der Waals surface area contributed by atoms with Crippen molar-refractivity contribution >= 4 is 17.6 Å². The van der Waals surface area contributed by atoms with E-state index < -0.39 is 0 Å². The van der Waals surface area contributed by atoms with Crippen molar-refractivity contribution < 1.29 is 9.59 Å². The quantitative estimate of drug-likeness (QED) is 0.709. The van der Waals surface area contributed by atoms with Crippen molar-refractivity contribution in [1.82, 2.24) is 20.4 Å². The van der Waals surface area contributed by atoms with E-state index in [1.54, 1.807) is 4.68 Å². The van der Waals surface area contributed by atoms with Crippen LogP contribution < -0.4 is 16.0 Å². The molecule has 2 aromatic rings. The molecule has 1 aromatic heterocycles. The van der Waals surface area contributed by atoms with E-state index in [2.05, 4.69) is 21.0 Å². The Balaban J connectivity index is 1.89. The van der Waals surface area contributed by atoms with Gasteiger partial charge < -0.3 is 16.0 Å². The van der Waals surface area contributed by atoms with E-state index in [0.717, 1.165) is 11.4 Å². The lowest BCUT2D eigenvalue weighted by atomic mass is 10.2. The zero-order valence-electron chi connectivity index (χ0n) is 14.2. The number of hydrogen-bond acceptors (Lipinski definition) is 3. The van der Waals surface area contributed by atoms with Crippen LogP contribution in [0.4, 0.5) is 10.5 Å². The van der Waals surface area contributed by atoms with Crippen molar-refractivity contribution in [2.75, 3.05) is 18.4 Å². The molecule has 3 amide bonds. The van der Waals surface area contributed by atoms with Crippen molar-refractivity contribution in [3.05, 3.63) is 42.2 Å². The average Bonchev–Trinajstić information content (AvgIpc) is 2.98. The lowest BCUT2D eigenvalue weighted by Gasteiger charge is -2.12. The monoisotopic (exact) mass is 329 g/mol. The first kappa shape index (κ1) is 17.5. The van der Waals surface area contributed by atoms with Crippen LogP contribution in [0.25, 0.3) is 5.69 Å². The summed E-state index contributed by atoms with van der Waals surface area (Å²) in [5.74, 6) is -0.0974. The summed E-state index contributed by atoms with van der Waals surface area (Å²) >= 11 is 0. The van der Waals surface area contributed by atoms with Crippen molar-refractivity contribution in [2.45, 2.75) is 20.8 Å². The summed E-state index contributed by atoms with van der Waals surface area (Å²) in [7, 11) is 0. The van der Waals surface area contributed by atoms with Gasteiger partial charge in [0.2, 0.25) is 5.91 Å². The molecule has 3 N–H and O–H groups in total. The number of rotatable bonds is 6. The predicted octanol–water partition coefficient (Wildman–Crippen LogP) is 2.07. The zero-order chi connectivity index (χ0) is 17.5. The van der Waals surface area contributed by atoms with Crippen LogP contribution in [0.1, 0.15) is 19.5 Å². The van der Waals surface area contributed by atoms with Crippen LogP contribution >= 0.6 is 0 Å². The van der Waals surface area contributed by atoms with Crippen LogP contribution in [-0.2, 0) is 4.79 Å². The van der Waals surface area contributed by atoms with Gasteiger partial charge >= 0.3 is 6.03 Å². The molecular weight excluding hydrogens is 306 g/mol. The van der Waals surface area contributed by atoms with Gasteiger partial charge in [0, 0.05) is 25.2 Å². The van der Waals surface area contributed by atoms with E-state index in [0.29, 0.717) is 18.8 Å². The summed E-state index contributed by atoms with van der Waals surface area (Å²) in [6.45, 7) is 6.30. The fourth-order valence-corrected chi connectivity index (χ4v) is 2.06. The summed E-state index contributed by atoms with van der Waals surface area (Å²) in [6.07, 6.45) is 1.84. The zero-order valence-corrected chi connectivity index (χ0v) is 14.2. The highest BCUT2D eigenvalue weighted by molar-refractivity contribution is 5.91. The molecule has 0 fully saturated rings. The summed E-state index contributed by atoms with van der Waals surface area (Å²) in [6, 6.07) is 8.99. The number of nitrogens with one attached hydrogen (secondary N) is 3. The summed E-state index contributed by atoms with van der Waals surface area (Å²) in [5.41, 5.74) is 2.34. The van der Waals surface area contributed by atoms with Gasteiger partial charge in [-0.1, -0.05) is 26.0 Å². The number of nitrogens with zero attached hydrogens (tertiary/aromatic N) is 2. The molecule has 0 aliphatic heterocycles. The highest BCUT2D eigenvalue weighted by Crippen LogP contribution is 2.19. The molecule has 0 bridgehead atoms. The second-order valence-electron chi connectivity index (χ2n) is 5.75. The molecule has 7 nitrogen and oxygen atoms in total. The smallest absolute Gasteiger partial charge is 0.319 e. The molecule has 128 valence electrons. The molecule has 0 saturated heterocycles. The fraction of sp³-hybridized carbons (Fsp3) is 0.353. The van der Waals surface area contributed by atoms with Gasteiger partial charge in [0.15, 0.2) is 0 Å². The number of benzene rings is 1. The maximum absolute atomic E-state index is 12.0. The van der Waals surface area contributed by atoms with Gasteiger partial charge in [-0.25, -0.2) is 9.48 Å². The summed E-state index contributed by atoms with van der Waals surface area (Å²) in [4.78, 5) is 23.4. The van der Waals surface area contributed by atoms with Crippen LogP contribution in [-0.4, -0.2) is 34.8 Å². The van der Waals surface area contributed by atoms with Crippen LogP contribution in [0, 0.1) is 12.8 Å². The fourth-order valence-electron chi connectivity index (χ4n) is 2.06. The normalized spacial score (nSPS) is 10.5. The molecule has 1 heterocycles. The second kappa shape index (κ2) is 8.14. The molecule has 0 aliphatic carbocycles. The summed E-state index contributed by atoms with van der Waals surface area (Å²) < 4.78 is 1.72. The van der Waals surface area contributed by atoms with Crippen LogP contribution in [0.2, 0.25) is 0 Å². The topological polar surface area (TPSA) is 88.0 Å². The maximum Gasteiger partial charge on any atom is 0.319 e. The molecule has 24 heavy (non-hydrogen) atoms.